The lowest BCUT2D eigenvalue weighted by atomic mass is 10.0. The minimum Gasteiger partial charge on any atom is -0.326 e. The summed E-state index contributed by atoms with van der Waals surface area (Å²) in [6.45, 7) is 3.24. The van der Waals surface area contributed by atoms with Crippen molar-refractivity contribution in [3.63, 3.8) is 0 Å². The van der Waals surface area contributed by atoms with Crippen LogP contribution in [0.4, 0.5) is 11.4 Å². The molecule has 2 aromatic rings. The molecule has 136 valence electrons. The Morgan fingerprint density at radius 3 is 2.42 bits per heavy atom. The average molecular weight is 372 g/mol. The van der Waals surface area contributed by atoms with Gasteiger partial charge in [-0.25, -0.2) is 8.42 Å². The molecule has 0 aliphatic carbocycles. The number of anilines is 2. The maximum atomic E-state index is 12.4. The highest BCUT2D eigenvalue weighted by Gasteiger charge is 2.20. The highest BCUT2D eigenvalue weighted by atomic mass is 32.2. The van der Waals surface area contributed by atoms with Crippen molar-refractivity contribution in [3.05, 3.63) is 53.6 Å². The van der Waals surface area contributed by atoms with Crippen LogP contribution in [0.25, 0.3) is 0 Å². The van der Waals surface area contributed by atoms with Gasteiger partial charge in [-0.05, 0) is 68.3 Å². The SMILES string of the molecule is CC(C)S(=O)(=O)c1ccc(C(=O)Nc2ccc3c(c2)CCC(=O)N3)cc1. The third kappa shape index (κ3) is 3.62. The van der Waals surface area contributed by atoms with Crippen LogP contribution in [0, 0.1) is 0 Å². The number of nitrogens with one attached hydrogen (secondary N) is 2. The van der Waals surface area contributed by atoms with E-state index < -0.39 is 15.1 Å². The van der Waals surface area contributed by atoms with Crippen molar-refractivity contribution in [3.8, 4) is 0 Å². The van der Waals surface area contributed by atoms with Crippen LogP contribution < -0.4 is 10.6 Å². The fraction of sp³-hybridized carbons (Fsp3) is 0.263. The van der Waals surface area contributed by atoms with Gasteiger partial charge < -0.3 is 10.6 Å². The maximum Gasteiger partial charge on any atom is 0.255 e. The molecule has 0 unspecified atom stereocenters. The smallest absolute Gasteiger partial charge is 0.255 e. The molecule has 2 amide bonds. The van der Waals surface area contributed by atoms with Gasteiger partial charge in [0, 0.05) is 23.4 Å². The molecule has 0 spiro atoms. The molecule has 7 heteroatoms. The van der Waals surface area contributed by atoms with Gasteiger partial charge in [-0.2, -0.15) is 0 Å². The molecule has 0 saturated heterocycles. The summed E-state index contributed by atoms with van der Waals surface area (Å²) in [5, 5.41) is 5.08. The summed E-state index contributed by atoms with van der Waals surface area (Å²) >= 11 is 0. The lowest BCUT2D eigenvalue weighted by Gasteiger charge is -2.17. The van der Waals surface area contributed by atoms with Crippen LogP contribution in [0.15, 0.2) is 47.4 Å². The minimum absolute atomic E-state index is 0.00859. The van der Waals surface area contributed by atoms with Gasteiger partial charge in [0.15, 0.2) is 9.84 Å². The summed E-state index contributed by atoms with van der Waals surface area (Å²) in [7, 11) is -3.36. The molecule has 0 bridgehead atoms. The van der Waals surface area contributed by atoms with Gasteiger partial charge in [-0.3, -0.25) is 9.59 Å². The van der Waals surface area contributed by atoms with Crippen LogP contribution in [0.5, 0.6) is 0 Å². The third-order valence-corrected chi connectivity index (χ3v) is 6.49. The van der Waals surface area contributed by atoms with Crippen molar-refractivity contribution in [1.29, 1.82) is 0 Å². The Morgan fingerprint density at radius 1 is 1.08 bits per heavy atom. The zero-order valence-electron chi connectivity index (χ0n) is 14.6. The molecule has 0 fully saturated rings. The van der Waals surface area contributed by atoms with Gasteiger partial charge >= 0.3 is 0 Å². The van der Waals surface area contributed by atoms with Gasteiger partial charge in [0.1, 0.15) is 0 Å². The van der Waals surface area contributed by atoms with Crippen molar-refractivity contribution in [1.82, 2.24) is 0 Å². The number of carbonyl (C=O) groups excluding carboxylic acids is 2. The predicted molar refractivity (Wildman–Crippen MR) is 100 cm³/mol. The summed E-state index contributed by atoms with van der Waals surface area (Å²) < 4.78 is 24.3. The zero-order chi connectivity index (χ0) is 18.9. The quantitative estimate of drug-likeness (QED) is 0.863. The zero-order valence-corrected chi connectivity index (χ0v) is 15.4. The molecule has 0 aromatic heterocycles. The summed E-state index contributed by atoms with van der Waals surface area (Å²) in [5.74, 6) is -0.330. The van der Waals surface area contributed by atoms with Crippen molar-refractivity contribution >= 4 is 33.0 Å². The first kappa shape index (κ1) is 18.1. The number of aryl methyl sites for hydroxylation is 1. The molecule has 6 nitrogen and oxygen atoms in total. The summed E-state index contributed by atoms with van der Waals surface area (Å²) in [4.78, 5) is 24.0. The van der Waals surface area contributed by atoms with Crippen LogP contribution in [-0.2, 0) is 21.1 Å². The molecule has 2 aromatic carbocycles. The molecule has 1 aliphatic heterocycles. The van der Waals surface area contributed by atoms with E-state index in [0.29, 0.717) is 24.1 Å². The van der Waals surface area contributed by atoms with E-state index >= 15 is 0 Å². The molecule has 0 atom stereocenters. The first-order valence-electron chi connectivity index (χ1n) is 8.35. The Bertz CT molecular complexity index is 964. The van der Waals surface area contributed by atoms with Crippen LogP contribution in [-0.4, -0.2) is 25.5 Å². The van der Waals surface area contributed by atoms with E-state index in [1.807, 2.05) is 6.07 Å². The average Bonchev–Trinajstić information content (AvgIpc) is 2.61. The van der Waals surface area contributed by atoms with Gasteiger partial charge in [0.2, 0.25) is 5.91 Å². The van der Waals surface area contributed by atoms with Gasteiger partial charge in [-0.1, -0.05) is 0 Å². The lowest BCUT2D eigenvalue weighted by Crippen LogP contribution is -2.19. The van der Waals surface area contributed by atoms with E-state index in [0.717, 1.165) is 11.3 Å². The predicted octanol–water partition coefficient (Wildman–Crippen LogP) is 3.01. The lowest BCUT2D eigenvalue weighted by molar-refractivity contribution is -0.116. The van der Waals surface area contributed by atoms with Gasteiger partial charge in [0.25, 0.3) is 5.91 Å². The van der Waals surface area contributed by atoms with Gasteiger partial charge in [0.05, 0.1) is 10.1 Å². The Labute approximate surface area is 152 Å². The minimum atomic E-state index is -3.36. The Hall–Kier alpha value is -2.67. The van der Waals surface area contributed by atoms with E-state index in [4.69, 9.17) is 0 Å². The summed E-state index contributed by atoms with van der Waals surface area (Å²) in [5.41, 5.74) is 2.74. The number of hydrogen-bond donors (Lipinski definition) is 2. The van der Waals surface area contributed by atoms with Crippen LogP contribution >= 0.6 is 0 Å². The monoisotopic (exact) mass is 372 g/mol. The first-order valence-corrected chi connectivity index (χ1v) is 9.90. The van der Waals surface area contributed by atoms with Crippen molar-refractivity contribution in [2.75, 3.05) is 10.6 Å². The van der Waals surface area contributed by atoms with Crippen LogP contribution in [0.1, 0.15) is 36.2 Å². The van der Waals surface area contributed by atoms with E-state index in [-0.39, 0.29) is 16.7 Å². The summed E-state index contributed by atoms with van der Waals surface area (Å²) in [6.07, 6.45) is 1.06. The maximum absolute atomic E-state index is 12.4. The third-order valence-electron chi connectivity index (χ3n) is 4.32. The van der Waals surface area contributed by atoms with Crippen molar-refractivity contribution in [2.24, 2.45) is 0 Å². The van der Waals surface area contributed by atoms with Crippen molar-refractivity contribution < 1.29 is 18.0 Å². The van der Waals surface area contributed by atoms with Crippen LogP contribution in [0.2, 0.25) is 0 Å². The van der Waals surface area contributed by atoms with Crippen LogP contribution in [0.3, 0.4) is 0 Å². The fourth-order valence-corrected chi connectivity index (χ4v) is 3.79. The normalized spacial score (nSPS) is 13.9. The topological polar surface area (TPSA) is 92.3 Å². The number of carbonyl (C=O) groups is 2. The standard InChI is InChI=1S/C19H20N2O4S/c1-12(2)26(24,25)16-7-3-13(4-8-16)19(23)20-15-6-9-17-14(11-15)5-10-18(22)21-17/h3-4,6-9,11-12H,5,10H2,1-2H3,(H,20,23)(H,21,22). The summed E-state index contributed by atoms with van der Waals surface area (Å²) in [6, 6.07) is 11.2. The molecule has 1 heterocycles. The number of amides is 2. The number of rotatable bonds is 4. The Balaban J connectivity index is 1.75. The second-order valence-corrected chi connectivity index (χ2v) is 9.00. The fourth-order valence-electron chi connectivity index (χ4n) is 2.73. The van der Waals surface area contributed by atoms with E-state index in [2.05, 4.69) is 10.6 Å². The highest BCUT2D eigenvalue weighted by Crippen LogP contribution is 2.26. The molecule has 2 N–H and O–H groups in total. The number of sulfone groups is 1. The van der Waals surface area contributed by atoms with E-state index in [1.54, 1.807) is 26.0 Å². The first-order chi connectivity index (χ1) is 12.3. The molecule has 26 heavy (non-hydrogen) atoms. The van der Waals surface area contributed by atoms with E-state index in [1.165, 1.54) is 24.3 Å². The molecular formula is C19H20N2O4S. The molecule has 0 saturated carbocycles. The molecular weight excluding hydrogens is 352 g/mol. The Morgan fingerprint density at radius 2 is 1.77 bits per heavy atom. The number of benzene rings is 2. The Kier molecular flexibility index (Phi) is 4.82. The second kappa shape index (κ2) is 6.92. The van der Waals surface area contributed by atoms with E-state index in [9.17, 15) is 18.0 Å². The molecule has 1 aliphatic rings. The van der Waals surface area contributed by atoms with Crippen molar-refractivity contribution in [2.45, 2.75) is 36.8 Å². The highest BCUT2D eigenvalue weighted by molar-refractivity contribution is 7.92. The second-order valence-electron chi connectivity index (χ2n) is 6.49. The number of fused-ring (bicyclic) bond motifs is 1. The van der Waals surface area contributed by atoms with Gasteiger partial charge in [-0.15, -0.1) is 0 Å². The molecule has 3 rings (SSSR count). The molecule has 0 radical (unpaired) electrons. The number of hydrogen-bond acceptors (Lipinski definition) is 4. The largest absolute Gasteiger partial charge is 0.326 e.